The largest absolute Gasteiger partial charge is 0.355 e. The number of carbonyl (C=O) groups excluding carboxylic acids is 1. The number of hydrogen-bond acceptors (Lipinski definition) is 2. The number of amides is 1. The van der Waals surface area contributed by atoms with Gasteiger partial charge in [0.1, 0.15) is 6.54 Å². The normalized spacial score (nSPS) is 10.0. The third-order valence-electron chi connectivity index (χ3n) is 1.65. The average molecular weight is 181 g/mol. The highest BCUT2D eigenvalue weighted by Crippen LogP contribution is 1.91. The van der Waals surface area contributed by atoms with Gasteiger partial charge >= 0.3 is 0 Å². The van der Waals surface area contributed by atoms with Gasteiger partial charge < -0.3 is 5.32 Å². The quantitative estimate of drug-likeness (QED) is 0.744. The van der Waals surface area contributed by atoms with Crippen LogP contribution in [0.4, 0.5) is 0 Å². The Bertz CT molecular complexity index is 280. The number of rotatable bonds is 4. The van der Waals surface area contributed by atoms with Gasteiger partial charge in [-0.3, -0.25) is 9.48 Å². The molecule has 0 aliphatic carbocycles. The fourth-order valence-corrected chi connectivity index (χ4v) is 1.02. The topological polar surface area (TPSA) is 46.9 Å². The highest BCUT2D eigenvalue weighted by atomic mass is 16.2. The lowest BCUT2D eigenvalue weighted by molar-refractivity contribution is -0.121. The molecule has 0 aliphatic rings. The molecule has 1 heterocycles. The highest BCUT2D eigenvalue weighted by molar-refractivity contribution is 5.75. The summed E-state index contributed by atoms with van der Waals surface area (Å²) in [7, 11) is 0. The van der Waals surface area contributed by atoms with Crippen LogP contribution in [-0.4, -0.2) is 22.2 Å². The second kappa shape index (κ2) is 4.64. The van der Waals surface area contributed by atoms with Gasteiger partial charge in [-0.2, -0.15) is 5.10 Å². The summed E-state index contributed by atoms with van der Waals surface area (Å²) in [6.07, 6.45) is 2.77. The van der Waals surface area contributed by atoms with E-state index in [4.69, 9.17) is 0 Å². The molecule has 0 spiro atoms. The van der Waals surface area contributed by atoms with E-state index >= 15 is 0 Å². The number of hydrogen-bond donors (Lipinski definition) is 1. The Morgan fingerprint density at radius 3 is 3.00 bits per heavy atom. The molecular formula is C9H15N3O. The van der Waals surface area contributed by atoms with Crippen molar-refractivity contribution in [2.75, 3.05) is 6.54 Å². The molecule has 0 atom stereocenters. The monoisotopic (exact) mass is 181 g/mol. The van der Waals surface area contributed by atoms with Crippen molar-refractivity contribution in [3.8, 4) is 0 Å². The smallest absolute Gasteiger partial charge is 0.241 e. The summed E-state index contributed by atoms with van der Waals surface area (Å²) in [5, 5.41) is 6.90. The maximum atomic E-state index is 11.2. The molecule has 72 valence electrons. The van der Waals surface area contributed by atoms with Crippen molar-refractivity contribution in [1.82, 2.24) is 15.1 Å². The van der Waals surface area contributed by atoms with E-state index in [1.165, 1.54) is 0 Å². The van der Waals surface area contributed by atoms with Crippen LogP contribution in [0.1, 0.15) is 19.0 Å². The molecule has 0 bridgehead atoms. The van der Waals surface area contributed by atoms with E-state index in [0.717, 1.165) is 18.7 Å². The molecule has 0 fully saturated rings. The fraction of sp³-hybridized carbons (Fsp3) is 0.556. The standard InChI is InChI=1S/C9H15N3O/c1-3-5-10-9(13)7-12-6-4-8(2)11-12/h4,6H,3,5,7H2,1-2H3,(H,10,13). The van der Waals surface area contributed by atoms with Gasteiger partial charge in [-0.25, -0.2) is 0 Å². The molecule has 1 amide bonds. The second-order valence-electron chi connectivity index (χ2n) is 3.00. The molecular weight excluding hydrogens is 166 g/mol. The first-order valence-electron chi connectivity index (χ1n) is 4.49. The molecule has 4 heteroatoms. The van der Waals surface area contributed by atoms with Crippen LogP contribution in [0.2, 0.25) is 0 Å². The number of aryl methyl sites for hydroxylation is 1. The third-order valence-corrected chi connectivity index (χ3v) is 1.65. The van der Waals surface area contributed by atoms with Gasteiger partial charge in [0.2, 0.25) is 5.91 Å². The van der Waals surface area contributed by atoms with Crippen LogP contribution in [0.25, 0.3) is 0 Å². The fourth-order valence-electron chi connectivity index (χ4n) is 1.02. The summed E-state index contributed by atoms with van der Waals surface area (Å²) in [5.74, 6) is 0.0185. The number of aromatic nitrogens is 2. The molecule has 4 nitrogen and oxygen atoms in total. The molecule has 1 N–H and O–H groups in total. The lowest BCUT2D eigenvalue weighted by atomic mass is 10.4. The Morgan fingerprint density at radius 2 is 2.46 bits per heavy atom. The molecule has 0 unspecified atom stereocenters. The SMILES string of the molecule is CCCNC(=O)Cn1ccc(C)n1. The third kappa shape index (κ3) is 3.27. The maximum absolute atomic E-state index is 11.2. The van der Waals surface area contributed by atoms with Crippen LogP contribution in [-0.2, 0) is 11.3 Å². The summed E-state index contributed by atoms with van der Waals surface area (Å²) < 4.78 is 1.64. The zero-order valence-corrected chi connectivity index (χ0v) is 8.08. The predicted octanol–water partition coefficient (Wildman–Crippen LogP) is 0.718. The number of carbonyl (C=O) groups is 1. The lowest BCUT2D eigenvalue weighted by Crippen LogP contribution is -2.28. The first-order valence-corrected chi connectivity index (χ1v) is 4.49. The Kier molecular flexibility index (Phi) is 3.49. The van der Waals surface area contributed by atoms with Gasteiger partial charge in [0.05, 0.1) is 5.69 Å². The van der Waals surface area contributed by atoms with Gasteiger partial charge in [0, 0.05) is 12.7 Å². The minimum absolute atomic E-state index is 0.0185. The summed E-state index contributed by atoms with van der Waals surface area (Å²) in [6, 6.07) is 1.88. The average Bonchev–Trinajstić information content (AvgIpc) is 2.48. The Morgan fingerprint density at radius 1 is 1.69 bits per heavy atom. The number of nitrogens with one attached hydrogen (secondary N) is 1. The van der Waals surface area contributed by atoms with Gasteiger partial charge in [0.25, 0.3) is 0 Å². The molecule has 1 rings (SSSR count). The van der Waals surface area contributed by atoms with E-state index in [9.17, 15) is 4.79 Å². The summed E-state index contributed by atoms with van der Waals surface area (Å²) >= 11 is 0. The molecule has 1 aromatic heterocycles. The Labute approximate surface area is 77.9 Å². The summed E-state index contributed by atoms with van der Waals surface area (Å²) in [6.45, 7) is 4.98. The molecule has 0 saturated heterocycles. The van der Waals surface area contributed by atoms with Crippen LogP contribution >= 0.6 is 0 Å². The van der Waals surface area contributed by atoms with E-state index in [1.54, 1.807) is 10.9 Å². The zero-order chi connectivity index (χ0) is 9.68. The number of nitrogens with zero attached hydrogens (tertiary/aromatic N) is 2. The van der Waals surface area contributed by atoms with Crippen LogP contribution in [0, 0.1) is 6.92 Å². The molecule has 1 aromatic rings. The van der Waals surface area contributed by atoms with Gasteiger partial charge in [0.15, 0.2) is 0 Å². The summed E-state index contributed by atoms with van der Waals surface area (Å²) in [5.41, 5.74) is 0.934. The minimum Gasteiger partial charge on any atom is -0.355 e. The van der Waals surface area contributed by atoms with E-state index in [2.05, 4.69) is 10.4 Å². The van der Waals surface area contributed by atoms with Crippen molar-refractivity contribution in [1.29, 1.82) is 0 Å². The molecule has 0 radical (unpaired) electrons. The van der Waals surface area contributed by atoms with Crippen LogP contribution < -0.4 is 5.32 Å². The van der Waals surface area contributed by atoms with E-state index in [1.807, 2.05) is 19.9 Å². The van der Waals surface area contributed by atoms with E-state index in [-0.39, 0.29) is 5.91 Å². The summed E-state index contributed by atoms with van der Waals surface area (Å²) in [4.78, 5) is 11.2. The van der Waals surface area contributed by atoms with Crippen LogP contribution in [0.15, 0.2) is 12.3 Å². The molecule has 13 heavy (non-hydrogen) atoms. The zero-order valence-electron chi connectivity index (χ0n) is 8.08. The van der Waals surface area contributed by atoms with Gasteiger partial charge in [-0.1, -0.05) is 6.92 Å². The first-order chi connectivity index (χ1) is 6.22. The molecule has 0 saturated carbocycles. The van der Waals surface area contributed by atoms with Crippen molar-refractivity contribution < 1.29 is 4.79 Å². The van der Waals surface area contributed by atoms with Crippen molar-refractivity contribution in [3.63, 3.8) is 0 Å². The maximum Gasteiger partial charge on any atom is 0.241 e. The molecule has 0 aliphatic heterocycles. The van der Waals surface area contributed by atoms with Crippen molar-refractivity contribution in [3.05, 3.63) is 18.0 Å². The van der Waals surface area contributed by atoms with Crippen molar-refractivity contribution in [2.24, 2.45) is 0 Å². The molecule has 0 aromatic carbocycles. The van der Waals surface area contributed by atoms with Crippen LogP contribution in [0.3, 0.4) is 0 Å². The Hall–Kier alpha value is -1.32. The Balaban J connectivity index is 2.36. The van der Waals surface area contributed by atoms with Crippen molar-refractivity contribution in [2.45, 2.75) is 26.8 Å². The van der Waals surface area contributed by atoms with Crippen molar-refractivity contribution >= 4 is 5.91 Å². The van der Waals surface area contributed by atoms with Gasteiger partial charge in [-0.05, 0) is 19.4 Å². The first kappa shape index (κ1) is 9.77. The predicted molar refractivity (Wildman–Crippen MR) is 50.3 cm³/mol. The van der Waals surface area contributed by atoms with E-state index in [0.29, 0.717) is 6.54 Å². The van der Waals surface area contributed by atoms with E-state index < -0.39 is 0 Å². The second-order valence-corrected chi connectivity index (χ2v) is 3.00. The highest BCUT2D eigenvalue weighted by Gasteiger charge is 2.01. The lowest BCUT2D eigenvalue weighted by Gasteiger charge is -2.02. The van der Waals surface area contributed by atoms with Gasteiger partial charge in [-0.15, -0.1) is 0 Å². The minimum atomic E-state index is 0.0185. The van der Waals surface area contributed by atoms with Crippen LogP contribution in [0.5, 0.6) is 0 Å².